The summed E-state index contributed by atoms with van der Waals surface area (Å²) in [7, 11) is 1.66. The van der Waals surface area contributed by atoms with Crippen molar-refractivity contribution in [3.05, 3.63) is 93.6 Å². The van der Waals surface area contributed by atoms with Crippen LogP contribution < -0.4 is 11.2 Å². The Hall–Kier alpha value is -5.19. The number of carbonyl (C=O) groups is 3. The predicted molar refractivity (Wildman–Crippen MR) is 237 cm³/mol. The Morgan fingerprint density at radius 2 is 1.89 bits per heavy atom. The molecule has 15 heteroatoms. The molecule has 14 nitrogen and oxygen atoms in total. The molecule has 2 amide bonds. The molecule has 2 aromatic carbocycles. The molecular formula is C47H57N7O7S. The van der Waals surface area contributed by atoms with Gasteiger partial charge in [-0.05, 0) is 75.3 Å². The summed E-state index contributed by atoms with van der Waals surface area (Å²) in [5, 5.41) is 17.6. The van der Waals surface area contributed by atoms with E-state index in [4.69, 9.17) is 29.9 Å². The van der Waals surface area contributed by atoms with Crippen molar-refractivity contribution < 1.29 is 33.7 Å². The van der Waals surface area contributed by atoms with Crippen molar-refractivity contribution >= 4 is 40.2 Å². The maximum absolute atomic E-state index is 13.6. The van der Waals surface area contributed by atoms with Crippen LogP contribution in [0.5, 0.6) is 0 Å². The van der Waals surface area contributed by atoms with Gasteiger partial charge in [-0.2, -0.15) is 0 Å². The topological polar surface area (TPSA) is 174 Å². The van der Waals surface area contributed by atoms with Gasteiger partial charge >= 0.3 is 12.1 Å². The number of piperidine rings is 1. The highest BCUT2D eigenvalue weighted by atomic mass is 32.1. The minimum atomic E-state index is -1.25. The number of esters is 1. The molecule has 0 radical (unpaired) electrons. The van der Waals surface area contributed by atoms with Gasteiger partial charge in [0.25, 0.3) is 5.91 Å². The number of aromatic nitrogens is 3. The maximum Gasteiger partial charge on any atom is 0.410 e. The van der Waals surface area contributed by atoms with E-state index >= 15 is 0 Å². The number of carbonyl (C=O) groups excluding carboxylic acids is 3. The number of methoxy groups -OCH3 is 1. The number of rotatable bonds is 7. The minimum absolute atomic E-state index is 0.133. The number of pyridine rings is 1. The minimum Gasteiger partial charge on any atom is -0.464 e. The number of hydrazine groups is 1. The van der Waals surface area contributed by atoms with E-state index in [1.54, 1.807) is 18.2 Å². The number of nitrogens with two attached hydrogens (primary N) is 1. The molecule has 0 aliphatic carbocycles. The van der Waals surface area contributed by atoms with Gasteiger partial charge in [-0.1, -0.05) is 50.2 Å². The summed E-state index contributed by atoms with van der Waals surface area (Å²) in [6.07, 6.45) is 3.53. The number of cyclic esters (lactones) is 1. The van der Waals surface area contributed by atoms with Gasteiger partial charge in [0.1, 0.15) is 12.6 Å². The van der Waals surface area contributed by atoms with E-state index in [-0.39, 0.29) is 31.6 Å². The average Bonchev–Trinajstić information content (AvgIpc) is 3.88. The smallest absolute Gasteiger partial charge is 0.410 e. The Morgan fingerprint density at radius 1 is 1.11 bits per heavy atom. The molecule has 0 unspecified atom stereocenters. The van der Waals surface area contributed by atoms with Crippen molar-refractivity contribution in [2.75, 3.05) is 33.4 Å². The molecule has 0 spiro atoms. The van der Waals surface area contributed by atoms with E-state index in [1.807, 2.05) is 42.6 Å². The van der Waals surface area contributed by atoms with E-state index in [1.165, 1.54) is 16.3 Å². The van der Waals surface area contributed by atoms with Crippen molar-refractivity contribution in [2.45, 2.75) is 103 Å². The lowest BCUT2D eigenvalue weighted by Gasteiger charge is -2.38. The number of fused-ring (bicyclic) bond motifs is 6. The molecule has 3 aliphatic heterocycles. The zero-order chi connectivity index (χ0) is 43.8. The highest BCUT2D eigenvalue weighted by molar-refractivity contribution is 7.10. The van der Waals surface area contributed by atoms with Crippen LogP contribution in [0.3, 0.4) is 0 Å². The van der Waals surface area contributed by atoms with Crippen LogP contribution in [0.1, 0.15) is 86.9 Å². The number of thiazole rings is 1. The first-order valence-corrected chi connectivity index (χ1v) is 22.5. The van der Waals surface area contributed by atoms with Gasteiger partial charge in [0, 0.05) is 84.3 Å². The van der Waals surface area contributed by atoms with Gasteiger partial charge < -0.3 is 34.5 Å². The molecule has 328 valence electrons. The van der Waals surface area contributed by atoms with E-state index in [0.717, 1.165) is 55.2 Å². The zero-order valence-electron chi connectivity index (χ0n) is 36.2. The monoisotopic (exact) mass is 863 g/mol. The number of benzene rings is 2. The summed E-state index contributed by atoms with van der Waals surface area (Å²) in [6, 6.07) is 16.5. The fraction of sp³-hybridized carbons (Fsp3) is 0.468. The normalized spacial score (nSPS) is 21.0. The molecule has 3 aromatic heterocycles. The standard InChI is InChI=1S/C47H57N7O7S/c1-6-53-39-15-14-31-21-33(39)35(24-46(3,4)28-61-44(56)37-13-10-18-54(51-37)43(55)36(48)23-40-50-38(31)27-62-40)42(53)34-22-32(25-49-41(34)29(2)59-5)47(58)16-19-52(20-17-47)45(57)60-26-30-11-8-7-9-12-30/h7-9,11-12,14-15,21-22,25,27,29,36-37,51,58H,6,10,13,16-20,23-24,26,28,48H2,1-5H3/t29-,36-,37-/m0/s1. The first-order valence-electron chi connectivity index (χ1n) is 21.6. The van der Waals surface area contributed by atoms with Crippen LogP contribution in [-0.4, -0.2) is 93.0 Å². The summed E-state index contributed by atoms with van der Waals surface area (Å²) >= 11 is 1.47. The lowest BCUT2D eigenvalue weighted by atomic mass is 9.82. The molecule has 62 heavy (non-hydrogen) atoms. The van der Waals surface area contributed by atoms with Gasteiger partial charge in [-0.15, -0.1) is 11.3 Å². The third-order valence-electron chi connectivity index (χ3n) is 12.5. The molecule has 3 atom stereocenters. The molecule has 6 bridgehead atoms. The van der Waals surface area contributed by atoms with Crippen molar-refractivity contribution in [3.8, 4) is 22.5 Å². The fourth-order valence-corrected chi connectivity index (χ4v) is 9.80. The second-order valence-corrected chi connectivity index (χ2v) is 18.5. The fourth-order valence-electron chi connectivity index (χ4n) is 8.94. The van der Waals surface area contributed by atoms with Crippen LogP contribution in [0, 0.1) is 5.41 Å². The van der Waals surface area contributed by atoms with Crippen LogP contribution in [-0.2, 0) is 55.4 Å². The molecule has 0 saturated carbocycles. The average molecular weight is 864 g/mol. The quantitative estimate of drug-likeness (QED) is 0.149. The van der Waals surface area contributed by atoms with Crippen LogP contribution >= 0.6 is 11.3 Å². The number of amides is 2. The summed E-state index contributed by atoms with van der Waals surface area (Å²) in [5.74, 6) is -0.692. The molecule has 6 heterocycles. The van der Waals surface area contributed by atoms with Crippen LogP contribution in [0.2, 0.25) is 0 Å². The van der Waals surface area contributed by atoms with Crippen LogP contribution in [0.15, 0.2) is 66.2 Å². The first-order chi connectivity index (χ1) is 29.8. The summed E-state index contributed by atoms with van der Waals surface area (Å²) < 4.78 is 19.9. The van der Waals surface area contributed by atoms with Crippen molar-refractivity contribution in [1.82, 2.24) is 29.9 Å². The van der Waals surface area contributed by atoms with Crippen molar-refractivity contribution in [2.24, 2.45) is 11.1 Å². The first kappa shape index (κ1) is 43.5. The Balaban J connectivity index is 1.19. The van der Waals surface area contributed by atoms with Crippen LogP contribution in [0.4, 0.5) is 4.79 Å². The number of hydrogen-bond acceptors (Lipinski definition) is 12. The summed E-state index contributed by atoms with van der Waals surface area (Å²) in [6.45, 7) is 10.3. The third-order valence-corrected chi connectivity index (χ3v) is 13.4. The van der Waals surface area contributed by atoms with E-state index in [9.17, 15) is 19.5 Å². The number of aliphatic hydroxyl groups is 1. The van der Waals surface area contributed by atoms with E-state index < -0.39 is 35.2 Å². The second kappa shape index (κ2) is 17.9. The SMILES string of the molecule is CCn1c(-c2cc(C3(O)CCN(C(=O)OCc4ccccc4)CC3)cnc2[C@H](C)OC)c2c3cc(ccc31)-c1csc(n1)C[C@H](N)C(=O)N1CCC[C@H](N1)C(=O)OCC(C)(C)C2. The summed E-state index contributed by atoms with van der Waals surface area (Å²) in [4.78, 5) is 51.8. The summed E-state index contributed by atoms with van der Waals surface area (Å²) in [5.41, 5.74) is 15.6. The van der Waals surface area contributed by atoms with Crippen molar-refractivity contribution in [3.63, 3.8) is 0 Å². The van der Waals surface area contributed by atoms with Gasteiger partial charge in [-0.25, -0.2) is 15.2 Å². The number of nitrogens with zero attached hydrogens (tertiary/aromatic N) is 5. The van der Waals surface area contributed by atoms with Crippen LogP contribution in [0.25, 0.3) is 33.4 Å². The van der Waals surface area contributed by atoms with Gasteiger partial charge in [0.15, 0.2) is 0 Å². The number of nitrogens with one attached hydrogen (secondary N) is 1. The number of hydrogen-bond donors (Lipinski definition) is 3. The molecule has 3 aliphatic rings. The molecule has 8 rings (SSSR count). The highest BCUT2D eigenvalue weighted by Crippen LogP contribution is 2.44. The van der Waals surface area contributed by atoms with E-state index in [0.29, 0.717) is 63.8 Å². The largest absolute Gasteiger partial charge is 0.464 e. The van der Waals surface area contributed by atoms with Crippen molar-refractivity contribution in [1.29, 1.82) is 0 Å². The Morgan fingerprint density at radius 3 is 2.63 bits per heavy atom. The van der Waals surface area contributed by atoms with E-state index in [2.05, 4.69) is 55.0 Å². The Labute approximate surface area is 366 Å². The zero-order valence-corrected chi connectivity index (χ0v) is 37.0. The molecule has 2 fully saturated rings. The lowest BCUT2D eigenvalue weighted by Crippen LogP contribution is -2.59. The van der Waals surface area contributed by atoms with Gasteiger partial charge in [0.2, 0.25) is 0 Å². The Kier molecular flexibility index (Phi) is 12.5. The van der Waals surface area contributed by atoms with Gasteiger partial charge in [0.05, 0.1) is 46.4 Å². The molecule has 4 N–H and O–H groups in total. The second-order valence-electron chi connectivity index (χ2n) is 17.6. The van der Waals surface area contributed by atoms with Gasteiger partial charge in [-0.3, -0.25) is 19.6 Å². The Bertz CT molecular complexity index is 2440. The molecule has 2 saturated heterocycles. The number of aryl methyl sites for hydroxylation is 1. The predicted octanol–water partition coefficient (Wildman–Crippen LogP) is 6.67. The molecule has 5 aromatic rings. The lowest BCUT2D eigenvalue weighted by molar-refractivity contribution is -0.154. The number of likely N-dealkylation sites (tertiary alicyclic amines) is 1. The molecular weight excluding hydrogens is 807 g/mol. The third kappa shape index (κ3) is 8.86. The number of ether oxygens (including phenoxy) is 3. The highest BCUT2D eigenvalue weighted by Gasteiger charge is 2.39. The maximum atomic E-state index is 13.6.